The highest BCUT2D eigenvalue weighted by Crippen LogP contribution is 2.25. The minimum absolute atomic E-state index is 0.128. The molecule has 0 bridgehead atoms. The number of hydrogen-bond acceptors (Lipinski definition) is 4. The number of aromatic nitrogens is 1. The Kier molecular flexibility index (Phi) is 4.79. The van der Waals surface area contributed by atoms with Gasteiger partial charge in [-0.05, 0) is 44.2 Å². The number of nitrogens with two attached hydrogens (primary N) is 1. The van der Waals surface area contributed by atoms with E-state index >= 15 is 0 Å². The van der Waals surface area contributed by atoms with Gasteiger partial charge < -0.3 is 15.5 Å². The highest BCUT2D eigenvalue weighted by atomic mass is 16.2. The Labute approximate surface area is 136 Å². The van der Waals surface area contributed by atoms with Crippen molar-refractivity contribution in [2.24, 2.45) is 11.7 Å². The standard InChI is InChI=1S/C17H24N4O2/c18-16(22)14-4-7-19-15(12-14)20-10-5-13(6-11-20)17(23)21-8-2-1-3-9-21/h4,7,12-13H,1-3,5-6,8-11H2,(H2,18,22). The molecule has 2 saturated heterocycles. The topological polar surface area (TPSA) is 79.5 Å². The molecule has 124 valence electrons. The maximum absolute atomic E-state index is 12.6. The maximum atomic E-state index is 12.6. The van der Waals surface area contributed by atoms with Gasteiger partial charge in [0, 0.05) is 43.9 Å². The molecular formula is C17H24N4O2. The minimum Gasteiger partial charge on any atom is -0.366 e. The molecule has 0 atom stereocenters. The Morgan fingerprint density at radius 3 is 2.43 bits per heavy atom. The fourth-order valence-corrected chi connectivity index (χ4v) is 3.47. The molecule has 2 amide bonds. The third kappa shape index (κ3) is 3.63. The second kappa shape index (κ2) is 6.98. The summed E-state index contributed by atoms with van der Waals surface area (Å²) < 4.78 is 0. The first kappa shape index (κ1) is 15.8. The van der Waals surface area contributed by atoms with Crippen LogP contribution < -0.4 is 10.6 Å². The van der Waals surface area contributed by atoms with Crippen LogP contribution >= 0.6 is 0 Å². The summed E-state index contributed by atoms with van der Waals surface area (Å²) in [6, 6.07) is 3.35. The van der Waals surface area contributed by atoms with Crippen molar-refractivity contribution in [2.75, 3.05) is 31.1 Å². The number of pyridine rings is 1. The van der Waals surface area contributed by atoms with Gasteiger partial charge in [0.25, 0.3) is 0 Å². The number of nitrogens with zero attached hydrogens (tertiary/aromatic N) is 3. The molecule has 1 aromatic rings. The predicted molar refractivity (Wildman–Crippen MR) is 88.1 cm³/mol. The Bertz CT molecular complexity index is 576. The van der Waals surface area contributed by atoms with Crippen LogP contribution in [0, 0.1) is 5.92 Å². The normalized spacial score (nSPS) is 19.7. The molecule has 3 heterocycles. The van der Waals surface area contributed by atoms with E-state index in [1.165, 1.54) is 6.42 Å². The van der Waals surface area contributed by atoms with Crippen molar-refractivity contribution in [3.8, 4) is 0 Å². The molecule has 0 aromatic carbocycles. The molecule has 0 saturated carbocycles. The molecule has 2 aliphatic rings. The summed E-state index contributed by atoms with van der Waals surface area (Å²) in [7, 11) is 0. The number of primary amides is 1. The molecule has 0 unspecified atom stereocenters. The van der Waals surface area contributed by atoms with Crippen LogP contribution in [0.5, 0.6) is 0 Å². The molecule has 1 aromatic heterocycles. The second-order valence-corrected chi connectivity index (χ2v) is 6.41. The van der Waals surface area contributed by atoms with Gasteiger partial charge in [0.05, 0.1) is 0 Å². The van der Waals surface area contributed by atoms with Crippen LogP contribution in [0.25, 0.3) is 0 Å². The SMILES string of the molecule is NC(=O)c1ccnc(N2CCC(C(=O)N3CCCCC3)CC2)c1. The predicted octanol–water partition coefficient (Wildman–Crippen LogP) is 1.41. The fraction of sp³-hybridized carbons (Fsp3) is 0.588. The number of piperidine rings is 2. The van der Waals surface area contributed by atoms with Crippen LogP contribution in [-0.2, 0) is 4.79 Å². The van der Waals surface area contributed by atoms with Crippen LogP contribution in [0.3, 0.4) is 0 Å². The lowest BCUT2D eigenvalue weighted by Gasteiger charge is -2.36. The van der Waals surface area contributed by atoms with Crippen LogP contribution in [0.15, 0.2) is 18.3 Å². The molecule has 2 fully saturated rings. The summed E-state index contributed by atoms with van der Waals surface area (Å²) in [5, 5.41) is 0. The van der Waals surface area contributed by atoms with Crippen molar-refractivity contribution in [2.45, 2.75) is 32.1 Å². The van der Waals surface area contributed by atoms with Crippen LogP contribution in [0.2, 0.25) is 0 Å². The summed E-state index contributed by atoms with van der Waals surface area (Å²) in [6.07, 6.45) is 6.81. The van der Waals surface area contributed by atoms with E-state index in [0.29, 0.717) is 11.5 Å². The van der Waals surface area contributed by atoms with Crippen molar-refractivity contribution in [1.29, 1.82) is 0 Å². The van der Waals surface area contributed by atoms with Crippen molar-refractivity contribution in [3.05, 3.63) is 23.9 Å². The number of likely N-dealkylation sites (tertiary alicyclic amines) is 1. The van der Waals surface area contributed by atoms with Crippen molar-refractivity contribution < 1.29 is 9.59 Å². The first-order valence-electron chi connectivity index (χ1n) is 8.45. The molecular weight excluding hydrogens is 292 g/mol. The van der Waals surface area contributed by atoms with Gasteiger partial charge in [-0.2, -0.15) is 0 Å². The Balaban J connectivity index is 1.58. The molecule has 0 spiro atoms. The Morgan fingerprint density at radius 1 is 1.09 bits per heavy atom. The van der Waals surface area contributed by atoms with Crippen molar-refractivity contribution in [3.63, 3.8) is 0 Å². The van der Waals surface area contributed by atoms with Crippen LogP contribution in [0.4, 0.5) is 5.82 Å². The lowest BCUT2D eigenvalue weighted by molar-refractivity contribution is -0.137. The lowest BCUT2D eigenvalue weighted by atomic mass is 9.94. The maximum Gasteiger partial charge on any atom is 0.248 e. The van der Waals surface area contributed by atoms with Gasteiger partial charge >= 0.3 is 0 Å². The molecule has 6 heteroatoms. The molecule has 6 nitrogen and oxygen atoms in total. The second-order valence-electron chi connectivity index (χ2n) is 6.41. The van der Waals surface area contributed by atoms with E-state index in [1.54, 1.807) is 18.3 Å². The van der Waals surface area contributed by atoms with E-state index in [1.807, 2.05) is 4.90 Å². The van der Waals surface area contributed by atoms with E-state index in [2.05, 4.69) is 9.88 Å². The number of hydrogen-bond donors (Lipinski definition) is 1. The van der Waals surface area contributed by atoms with E-state index in [0.717, 1.165) is 57.7 Å². The number of rotatable bonds is 3. The summed E-state index contributed by atoms with van der Waals surface area (Å²) in [6.45, 7) is 3.42. The summed E-state index contributed by atoms with van der Waals surface area (Å²) in [4.78, 5) is 32.3. The quantitative estimate of drug-likeness (QED) is 0.914. The summed E-state index contributed by atoms with van der Waals surface area (Å²) in [5.74, 6) is 0.779. The van der Waals surface area contributed by atoms with E-state index in [9.17, 15) is 9.59 Å². The zero-order valence-electron chi connectivity index (χ0n) is 13.4. The van der Waals surface area contributed by atoms with Gasteiger partial charge in [-0.3, -0.25) is 9.59 Å². The van der Waals surface area contributed by atoms with E-state index in [-0.39, 0.29) is 5.92 Å². The summed E-state index contributed by atoms with van der Waals surface area (Å²) >= 11 is 0. The van der Waals surface area contributed by atoms with Gasteiger partial charge in [0.2, 0.25) is 11.8 Å². The zero-order valence-corrected chi connectivity index (χ0v) is 13.4. The van der Waals surface area contributed by atoms with Crippen molar-refractivity contribution in [1.82, 2.24) is 9.88 Å². The van der Waals surface area contributed by atoms with E-state index in [4.69, 9.17) is 5.73 Å². The lowest BCUT2D eigenvalue weighted by Crippen LogP contribution is -2.44. The van der Waals surface area contributed by atoms with Gasteiger partial charge in [0.15, 0.2) is 0 Å². The van der Waals surface area contributed by atoms with Gasteiger partial charge in [-0.1, -0.05) is 0 Å². The average Bonchev–Trinajstić information content (AvgIpc) is 2.62. The molecule has 23 heavy (non-hydrogen) atoms. The first-order valence-corrected chi connectivity index (χ1v) is 8.45. The molecule has 2 aliphatic heterocycles. The first-order chi connectivity index (χ1) is 11.1. The van der Waals surface area contributed by atoms with Gasteiger partial charge in [-0.25, -0.2) is 4.98 Å². The molecule has 0 radical (unpaired) electrons. The highest BCUT2D eigenvalue weighted by molar-refractivity contribution is 5.93. The minimum atomic E-state index is -0.441. The Hall–Kier alpha value is -2.11. The number of anilines is 1. The Morgan fingerprint density at radius 2 is 1.78 bits per heavy atom. The number of amides is 2. The number of carbonyl (C=O) groups is 2. The third-order valence-corrected chi connectivity index (χ3v) is 4.87. The monoisotopic (exact) mass is 316 g/mol. The van der Waals surface area contributed by atoms with E-state index < -0.39 is 5.91 Å². The van der Waals surface area contributed by atoms with Crippen LogP contribution in [-0.4, -0.2) is 47.9 Å². The number of carbonyl (C=O) groups excluding carboxylic acids is 2. The molecule has 3 rings (SSSR count). The van der Waals surface area contributed by atoms with Crippen molar-refractivity contribution >= 4 is 17.6 Å². The largest absolute Gasteiger partial charge is 0.366 e. The zero-order chi connectivity index (χ0) is 16.2. The third-order valence-electron chi connectivity index (χ3n) is 4.87. The van der Waals surface area contributed by atoms with Crippen LogP contribution in [0.1, 0.15) is 42.5 Å². The smallest absolute Gasteiger partial charge is 0.248 e. The fourth-order valence-electron chi connectivity index (χ4n) is 3.47. The van der Waals surface area contributed by atoms with Gasteiger partial charge in [-0.15, -0.1) is 0 Å². The molecule has 0 aliphatic carbocycles. The molecule has 2 N–H and O–H groups in total. The average molecular weight is 316 g/mol. The highest BCUT2D eigenvalue weighted by Gasteiger charge is 2.29. The van der Waals surface area contributed by atoms with Gasteiger partial charge in [0.1, 0.15) is 5.82 Å². The summed E-state index contributed by atoms with van der Waals surface area (Å²) in [5.41, 5.74) is 5.79.